The largest absolute Gasteiger partial charge is 0.478 e. The third kappa shape index (κ3) is 4.58. The summed E-state index contributed by atoms with van der Waals surface area (Å²) in [7, 11) is 0. The molecule has 0 spiro atoms. The molecule has 0 aliphatic rings. The molecule has 0 aliphatic carbocycles. The van der Waals surface area contributed by atoms with E-state index in [0.29, 0.717) is 11.3 Å². The van der Waals surface area contributed by atoms with Gasteiger partial charge in [-0.1, -0.05) is 6.07 Å². The highest BCUT2D eigenvalue weighted by Gasteiger charge is 2.14. The second-order valence-electron chi connectivity index (χ2n) is 5.05. The number of hydrogen-bond donors (Lipinski definition) is 3. The highest BCUT2D eigenvalue weighted by Crippen LogP contribution is 2.18. The normalized spacial score (nSPS) is 9.96. The lowest BCUT2D eigenvalue weighted by Crippen LogP contribution is -2.34. The maximum absolute atomic E-state index is 12.2. The van der Waals surface area contributed by atoms with Gasteiger partial charge in [-0.15, -0.1) is 0 Å². The molecular weight excluding hydrogens is 346 g/mol. The van der Waals surface area contributed by atoms with Gasteiger partial charge in [0.1, 0.15) is 0 Å². The van der Waals surface area contributed by atoms with Gasteiger partial charge in [-0.2, -0.15) is 0 Å². The van der Waals surface area contributed by atoms with Crippen molar-refractivity contribution in [1.82, 2.24) is 5.32 Å². The number of anilines is 1. The molecule has 0 fully saturated rings. The monoisotopic (exact) mass is 359 g/mol. The van der Waals surface area contributed by atoms with E-state index in [-0.39, 0.29) is 21.9 Å². The van der Waals surface area contributed by atoms with Crippen molar-refractivity contribution in [2.75, 3.05) is 5.32 Å². The number of rotatable bonds is 4. The molecule has 0 saturated heterocycles. The number of hydrogen-bond acceptors (Lipinski definition) is 5. The molecule has 1 amide bonds. The van der Waals surface area contributed by atoms with Crippen molar-refractivity contribution in [2.45, 2.75) is 6.92 Å². The second kappa shape index (κ2) is 7.49. The van der Waals surface area contributed by atoms with Gasteiger partial charge in [-0.05, 0) is 49.5 Å². The number of nitrogens with zero attached hydrogens (tertiary/aromatic N) is 1. The first-order valence-electron chi connectivity index (χ1n) is 6.98. The van der Waals surface area contributed by atoms with Crippen LogP contribution < -0.4 is 10.6 Å². The van der Waals surface area contributed by atoms with Crippen LogP contribution in [0.1, 0.15) is 26.3 Å². The summed E-state index contributed by atoms with van der Waals surface area (Å²) >= 11 is 5.02. The molecule has 8 nitrogen and oxygen atoms in total. The summed E-state index contributed by atoms with van der Waals surface area (Å²) < 4.78 is 0. The number of nitro benzene ring substituents is 1. The van der Waals surface area contributed by atoms with Gasteiger partial charge in [-0.25, -0.2) is 4.79 Å². The summed E-state index contributed by atoms with van der Waals surface area (Å²) in [5.74, 6) is -1.62. The predicted molar refractivity (Wildman–Crippen MR) is 94.9 cm³/mol. The zero-order valence-corrected chi connectivity index (χ0v) is 13.8. The minimum absolute atomic E-state index is 0.0245. The maximum atomic E-state index is 12.2. The van der Waals surface area contributed by atoms with E-state index in [9.17, 15) is 19.7 Å². The highest BCUT2D eigenvalue weighted by molar-refractivity contribution is 7.80. The lowest BCUT2D eigenvalue weighted by Gasteiger charge is -2.10. The number of aromatic carboxylic acids is 1. The van der Waals surface area contributed by atoms with Gasteiger partial charge < -0.3 is 10.4 Å². The first kappa shape index (κ1) is 18.0. The van der Waals surface area contributed by atoms with Gasteiger partial charge in [0.25, 0.3) is 11.6 Å². The number of carboxylic acids is 1. The van der Waals surface area contributed by atoms with Gasteiger partial charge in [0.2, 0.25) is 0 Å². The molecule has 0 atom stereocenters. The SMILES string of the molecule is Cc1cc(C(=O)NC(=S)Nc2cccc(C(=O)O)c2)ccc1[N+](=O)[O-]. The smallest absolute Gasteiger partial charge is 0.335 e. The molecule has 0 radical (unpaired) electrons. The summed E-state index contributed by atoms with van der Waals surface area (Å²) in [4.78, 5) is 33.3. The number of carbonyl (C=O) groups is 2. The Bertz CT molecular complexity index is 882. The number of amides is 1. The van der Waals surface area contributed by atoms with Gasteiger partial charge in [-0.3, -0.25) is 20.2 Å². The van der Waals surface area contributed by atoms with Crippen LogP contribution in [0.5, 0.6) is 0 Å². The number of nitro groups is 1. The minimum Gasteiger partial charge on any atom is -0.478 e. The van der Waals surface area contributed by atoms with Crippen LogP contribution in [-0.2, 0) is 0 Å². The van der Waals surface area contributed by atoms with Crippen LogP contribution >= 0.6 is 12.2 Å². The number of nitrogens with one attached hydrogen (secondary N) is 2. The number of carbonyl (C=O) groups excluding carboxylic acids is 1. The molecule has 9 heteroatoms. The molecular formula is C16H13N3O5S. The summed E-state index contributed by atoms with van der Waals surface area (Å²) in [6, 6.07) is 9.90. The third-order valence-corrected chi connectivity index (χ3v) is 3.45. The van der Waals surface area contributed by atoms with Gasteiger partial charge in [0.15, 0.2) is 5.11 Å². The fourth-order valence-corrected chi connectivity index (χ4v) is 2.28. The van der Waals surface area contributed by atoms with Crippen molar-refractivity contribution >= 4 is 40.6 Å². The Morgan fingerprint density at radius 1 is 1.16 bits per heavy atom. The zero-order chi connectivity index (χ0) is 18.6. The molecule has 0 bridgehead atoms. The van der Waals surface area contributed by atoms with Crippen molar-refractivity contribution in [3.63, 3.8) is 0 Å². The minimum atomic E-state index is -1.08. The Morgan fingerprint density at radius 3 is 2.48 bits per heavy atom. The fraction of sp³-hybridized carbons (Fsp3) is 0.0625. The van der Waals surface area contributed by atoms with E-state index in [4.69, 9.17) is 17.3 Å². The van der Waals surface area contributed by atoms with E-state index < -0.39 is 16.8 Å². The molecule has 2 aromatic rings. The number of benzene rings is 2. The van der Waals surface area contributed by atoms with Gasteiger partial charge in [0.05, 0.1) is 10.5 Å². The Kier molecular flexibility index (Phi) is 5.40. The Morgan fingerprint density at radius 2 is 1.88 bits per heavy atom. The Balaban J connectivity index is 2.06. The molecule has 0 heterocycles. The summed E-state index contributed by atoms with van der Waals surface area (Å²) in [5.41, 5.74) is 0.968. The molecule has 25 heavy (non-hydrogen) atoms. The van der Waals surface area contributed by atoms with Crippen molar-refractivity contribution in [3.05, 3.63) is 69.3 Å². The van der Waals surface area contributed by atoms with Crippen LogP contribution in [0.4, 0.5) is 11.4 Å². The fourth-order valence-electron chi connectivity index (χ4n) is 2.07. The molecule has 0 saturated carbocycles. The van der Waals surface area contributed by atoms with E-state index in [2.05, 4.69) is 10.6 Å². The average Bonchev–Trinajstić information content (AvgIpc) is 2.54. The first-order chi connectivity index (χ1) is 11.8. The number of aryl methyl sites for hydroxylation is 1. The van der Waals surface area contributed by atoms with E-state index in [1.807, 2.05) is 0 Å². The lowest BCUT2D eigenvalue weighted by atomic mass is 10.1. The predicted octanol–water partition coefficient (Wildman–Crippen LogP) is 2.73. The molecule has 2 aromatic carbocycles. The molecule has 0 unspecified atom stereocenters. The standard InChI is InChI=1S/C16H13N3O5S/c1-9-7-10(5-6-13(9)19(23)24)14(20)18-16(25)17-12-4-2-3-11(8-12)15(21)22/h2-8H,1H3,(H,21,22)(H2,17,18,20,25). The molecule has 2 rings (SSSR count). The maximum Gasteiger partial charge on any atom is 0.335 e. The summed E-state index contributed by atoms with van der Waals surface area (Å²) in [6.07, 6.45) is 0. The molecule has 3 N–H and O–H groups in total. The lowest BCUT2D eigenvalue weighted by molar-refractivity contribution is -0.385. The van der Waals surface area contributed by atoms with Crippen molar-refractivity contribution < 1.29 is 19.6 Å². The Hall–Kier alpha value is -3.33. The van der Waals surface area contributed by atoms with Crippen LogP contribution in [-0.4, -0.2) is 27.0 Å². The summed E-state index contributed by atoms with van der Waals surface area (Å²) in [6.45, 7) is 1.53. The second-order valence-corrected chi connectivity index (χ2v) is 5.46. The van der Waals surface area contributed by atoms with E-state index in [1.54, 1.807) is 6.07 Å². The number of carboxylic acid groups (broad SMARTS) is 1. The van der Waals surface area contributed by atoms with Crippen LogP contribution in [0.2, 0.25) is 0 Å². The first-order valence-corrected chi connectivity index (χ1v) is 7.39. The van der Waals surface area contributed by atoms with Crippen molar-refractivity contribution in [1.29, 1.82) is 0 Å². The Labute approximate surface area is 147 Å². The highest BCUT2D eigenvalue weighted by atomic mass is 32.1. The third-order valence-electron chi connectivity index (χ3n) is 3.25. The van der Waals surface area contributed by atoms with Crippen LogP contribution in [0, 0.1) is 17.0 Å². The van der Waals surface area contributed by atoms with E-state index in [0.717, 1.165) is 0 Å². The average molecular weight is 359 g/mol. The van der Waals surface area contributed by atoms with E-state index in [1.165, 1.54) is 43.3 Å². The van der Waals surface area contributed by atoms with Crippen molar-refractivity contribution in [2.24, 2.45) is 0 Å². The molecule has 128 valence electrons. The van der Waals surface area contributed by atoms with Crippen LogP contribution in [0.25, 0.3) is 0 Å². The van der Waals surface area contributed by atoms with Crippen LogP contribution in [0.3, 0.4) is 0 Å². The zero-order valence-electron chi connectivity index (χ0n) is 13.0. The van der Waals surface area contributed by atoms with Gasteiger partial charge in [0, 0.05) is 22.9 Å². The number of thiocarbonyl (C=S) groups is 1. The topological polar surface area (TPSA) is 122 Å². The summed E-state index contributed by atoms with van der Waals surface area (Å²) in [5, 5.41) is 24.9. The van der Waals surface area contributed by atoms with Crippen LogP contribution in [0.15, 0.2) is 42.5 Å². The molecule has 0 aromatic heterocycles. The quantitative estimate of drug-likeness (QED) is 0.436. The van der Waals surface area contributed by atoms with Crippen molar-refractivity contribution in [3.8, 4) is 0 Å². The van der Waals surface area contributed by atoms with Gasteiger partial charge >= 0.3 is 5.97 Å². The molecule has 0 aliphatic heterocycles. The van der Waals surface area contributed by atoms with E-state index >= 15 is 0 Å².